The summed E-state index contributed by atoms with van der Waals surface area (Å²) in [6.45, 7) is -0.481. The van der Waals surface area contributed by atoms with E-state index < -0.39 is 41.9 Å². The Morgan fingerprint density at radius 2 is 1.50 bits per heavy atom. The van der Waals surface area contributed by atoms with Crippen LogP contribution in [0.1, 0.15) is 27.1 Å². The molecule has 32 heavy (non-hydrogen) atoms. The van der Waals surface area contributed by atoms with Crippen molar-refractivity contribution in [2.45, 2.75) is 6.42 Å². The summed E-state index contributed by atoms with van der Waals surface area (Å²) >= 11 is 12.1. The minimum atomic E-state index is -0.681. The van der Waals surface area contributed by atoms with Crippen LogP contribution in [-0.4, -0.2) is 40.1 Å². The van der Waals surface area contributed by atoms with Crippen molar-refractivity contribution in [1.82, 2.24) is 10.0 Å². The molecule has 2 aromatic carbocycles. The lowest BCUT2D eigenvalue weighted by Crippen LogP contribution is -2.52. The molecule has 5 rings (SSSR count). The van der Waals surface area contributed by atoms with Crippen LogP contribution in [0.2, 0.25) is 10.0 Å². The van der Waals surface area contributed by atoms with Crippen LogP contribution in [0.4, 0.5) is 0 Å². The van der Waals surface area contributed by atoms with Crippen molar-refractivity contribution in [3.8, 4) is 0 Å². The third kappa shape index (κ3) is 3.26. The van der Waals surface area contributed by atoms with E-state index >= 15 is 0 Å². The number of rotatable bonds is 5. The monoisotopic (exact) mass is 468 g/mol. The lowest BCUT2D eigenvalue weighted by molar-refractivity contribution is -0.154. The number of benzene rings is 2. The number of Topliss-reactive ketones (excluding diaryl/α,β-unsaturated/α-hetero) is 1. The van der Waals surface area contributed by atoms with Gasteiger partial charge >= 0.3 is 0 Å². The first-order valence-corrected chi connectivity index (χ1v) is 11.0. The smallest absolute Gasteiger partial charge is 0.274 e. The summed E-state index contributed by atoms with van der Waals surface area (Å²) < 4.78 is 0. The zero-order valence-corrected chi connectivity index (χ0v) is 18.3. The summed E-state index contributed by atoms with van der Waals surface area (Å²) in [5.74, 6) is -3.02. The molecule has 0 spiro atoms. The van der Waals surface area contributed by atoms with Crippen molar-refractivity contribution < 1.29 is 19.2 Å². The lowest BCUT2D eigenvalue weighted by atomic mass is 9.85. The van der Waals surface area contributed by atoms with E-state index in [2.05, 4.69) is 0 Å². The highest BCUT2D eigenvalue weighted by Gasteiger charge is 2.61. The van der Waals surface area contributed by atoms with Gasteiger partial charge in [-0.1, -0.05) is 47.5 Å². The molecule has 2 aromatic rings. The van der Waals surface area contributed by atoms with Crippen LogP contribution in [0.5, 0.6) is 0 Å². The quantitative estimate of drug-likeness (QED) is 0.377. The third-order valence-corrected chi connectivity index (χ3v) is 7.07. The van der Waals surface area contributed by atoms with Gasteiger partial charge in [-0.25, -0.2) is 5.01 Å². The molecule has 2 aliphatic carbocycles. The molecule has 4 atom stereocenters. The first-order valence-electron chi connectivity index (χ1n) is 10.3. The van der Waals surface area contributed by atoms with Crippen molar-refractivity contribution in [2.75, 3.05) is 6.54 Å². The van der Waals surface area contributed by atoms with E-state index in [9.17, 15) is 19.2 Å². The summed E-state index contributed by atoms with van der Waals surface area (Å²) in [6.07, 6.45) is 4.71. The number of carbonyl (C=O) groups is 4. The Hall–Kier alpha value is -2.96. The van der Waals surface area contributed by atoms with E-state index in [4.69, 9.17) is 23.2 Å². The Labute approximate surface area is 194 Å². The highest BCUT2D eigenvalue weighted by atomic mass is 35.5. The maximum absolute atomic E-state index is 13.5. The van der Waals surface area contributed by atoms with E-state index in [1.54, 1.807) is 30.3 Å². The van der Waals surface area contributed by atoms with Gasteiger partial charge in [0.1, 0.15) is 6.54 Å². The number of nitrogens with zero attached hydrogens (tertiary/aromatic N) is 2. The molecule has 2 bridgehead atoms. The highest BCUT2D eigenvalue weighted by Crippen LogP contribution is 2.52. The van der Waals surface area contributed by atoms with Crippen LogP contribution in [0.3, 0.4) is 0 Å². The van der Waals surface area contributed by atoms with Crippen molar-refractivity contribution in [2.24, 2.45) is 23.7 Å². The number of fused-ring (bicyclic) bond motifs is 5. The molecule has 1 heterocycles. The molecule has 0 radical (unpaired) electrons. The maximum Gasteiger partial charge on any atom is 0.274 e. The van der Waals surface area contributed by atoms with E-state index in [0.29, 0.717) is 10.6 Å². The Morgan fingerprint density at radius 1 is 0.906 bits per heavy atom. The van der Waals surface area contributed by atoms with Gasteiger partial charge in [-0.05, 0) is 54.7 Å². The molecule has 3 aliphatic rings. The van der Waals surface area contributed by atoms with Gasteiger partial charge in [-0.15, -0.1) is 0 Å². The largest absolute Gasteiger partial charge is 0.292 e. The van der Waals surface area contributed by atoms with Crippen molar-refractivity contribution in [3.05, 3.63) is 81.9 Å². The average molecular weight is 469 g/mol. The van der Waals surface area contributed by atoms with Gasteiger partial charge in [0.05, 0.1) is 22.4 Å². The Balaban J connectivity index is 1.51. The summed E-state index contributed by atoms with van der Waals surface area (Å²) in [5.41, 5.74) is 0.421. The fourth-order valence-electron chi connectivity index (χ4n) is 4.99. The SMILES string of the molecule is O=C(CN(C(=O)c1ccccc1Cl)N1C(=O)[C@@H]2[C@H](C1=O)[C@H]1C=C[C@H]2C1)c1ccc(Cl)cc1. The number of hydrogen-bond acceptors (Lipinski definition) is 4. The van der Waals surface area contributed by atoms with Gasteiger partial charge in [0.15, 0.2) is 5.78 Å². The normalized spacial score (nSPS) is 25.4. The highest BCUT2D eigenvalue weighted by molar-refractivity contribution is 6.34. The van der Waals surface area contributed by atoms with E-state index in [1.807, 2.05) is 12.2 Å². The van der Waals surface area contributed by atoms with Crippen LogP contribution in [0, 0.1) is 23.7 Å². The fourth-order valence-corrected chi connectivity index (χ4v) is 5.34. The van der Waals surface area contributed by atoms with Crippen molar-refractivity contribution in [3.63, 3.8) is 0 Å². The fraction of sp³-hybridized carbons (Fsp3) is 0.250. The molecular formula is C24H18Cl2N2O4. The van der Waals surface area contributed by atoms with Gasteiger partial charge < -0.3 is 0 Å². The summed E-state index contributed by atoms with van der Waals surface area (Å²) in [5, 5.41) is 2.45. The molecule has 8 heteroatoms. The van der Waals surface area contributed by atoms with Gasteiger partial charge in [-0.3, -0.25) is 19.2 Å². The van der Waals surface area contributed by atoms with E-state index in [-0.39, 0.29) is 22.4 Å². The minimum Gasteiger partial charge on any atom is -0.292 e. The van der Waals surface area contributed by atoms with Gasteiger partial charge in [-0.2, -0.15) is 5.01 Å². The second-order valence-corrected chi connectivity index (χ2v) is 9.10. The van der Waals surface area contributed by atoms with Crippen LogP contribution in [0.15, 0.2) is 60.7 Å². The zero-order chi connectivity index (χ0) is 22.6. The second-order valence-electron chi connectivity index (χ2n) is 8.26. The van der Waals surface area contributed by atoms with Crippen molar-refractivity contribution in [1.29, 1.82) is 0 Å². The van der Waals surface area contributed by atoms with Gasteiger partial charge in [0, 0.05) is 10.6 Å². The summed E-state index contributed by atoms with van der Waals surface area (Å²) in [4.78, 5) is 53.1. The number of imide groups is 1. The summed E-state index contributed by atoms with van der Waals surface area (Å²) in [7, 11) is 0. The van der Waals surface area contributed by atoms with Crippen LogP contribution < -0.4 is 0 Å². The number of ketones is 1. The first-order chi connectivity index (χ1) is 15.4. The lowest BCUT2D eigenvalue weighted by Gasteiger charge is -2.31. The number of carbonyl (C=O) groups excluding carboxylic acids is 4. The number of hydrogen-bond donors (Lipinski definition) is 0. The number of halogens is 2. The second kappa shape index (κ2) is 7.87. The van der Waals surface area contributed by atoms with Crippen LogP contribution in [0.25, 0.3) is 0 Å². The summed E-state index contributed by atoms with van der Waals surface area (Å²) in [6, 6.07) is 12.5. The predicted molar refractivity (Wildman–Crippen MR) is 118 cm³/mol. The molecule has 0 aromatic heterocycles. The molecule has 2 fully saturated rings. The van der Waals surface area contributed by atoms with E-state index in [1.165, 1.54) is 18.2 Å². The number of allylic oxidation sites excluding steroid dienone is 2. The standard InChI is InChI=1S/C24H18Cl2N2O4/c25-16-9-7-13(8-10-16)19(29)12-27(22(30)17-3-1-2-4-18(17)26)28-23(31)20-14-5-6-15(11-14)21(20)24(28)32/h1-10,14-15,20-21H,11-12H2/t14-,15-,20-,21+/m0/s1. The molecule has 1 saturated carbocycles. The molecular weight excluding hydrogens is 451 g/mol. The first kappa shape index (κ1) is 20.9. The predicted octanol–water partition coefficient (Wildman–Crippen LogP) is 4.04. The zero-order valence-electron chi connectivity index (χ0n) is 16.8. The average Bonchev–Trinajstić information content (AvgIpc) is 3.46. The third-order valence-electron chi connectivity index (χ3n) is 6.49. The minimum absolute atomic E-state index is 0.0179. The van der Waals surface area contributed by atoms with Gasteiger partial charge in [0.2, 0.25) is 0 Å². The van der Waals surface area contributed by atoms with Gasteiger partial charge in [0.25, 0.3) is 17.7 Å². The van der Waals surface area contributed by atoms with Crippen LogP contribution >= 0.6 is 23.2 Å². The number of hydrazine groups is 1. The molecule has 162 valence electrons. The number of amides is 3. The molecule has 3 amide bonds. The maximum atomic E-state index is 13.5. The molecule has 6 nitrogen and oxygen atoms in total. The Kier molecular flexibility index (Phi) is 5.14. The van der Waals surface area contributed by atoms with Crippen LogP contribution in [-0.2, 0) is 9.59 Å². The molecule has 1 saturated heterocycles. The topological polar surface area (TPSA) is 74.8 Å². The van der Waals surface area contributed by atoms with Crippen molar-refractivity contribution >= 4 is 46.7 Å². The molecule has 1 aliphatic heterocycles. The van der Waals surface area contributed by atoms with E-state index in [0.717, 1.165) is 16.4 Å². The Morgan fingerprint density at radius 3 is 2.09 bits per heavy atom. The molecule has 0 N–H and O–H groups in total. The molecule has 0 unspecified atom stereocenters. The Bertz CT molecular complexity index is 1150.